The van der Waals surface area contributed by atoms with Gasteiger partial charge in [0.2, 0.25) is 0 Å². The summed E-state index contributed by atoms with van der Waals surface area (Å²) in [6.07, 6.45) is 6.06. The van der Waals surface area contributed by atoms with Crippen molar-refractivity contribution < 1.29 is 14.3 Å². The van der Waals surface area contributed by atoms with E-state index in [9.17, 15) is 4.79 Å². The Labute approximate surface area is 145 Å². The molecule has 1 saturated carbocycles. The quantitative estimate of drug-likeness (QED) is 0.823. The molecule has 3 aliphatic rings. The molecule has 3 rings (SSSR count). The average molecular weight is 339 g/mol. The van der Waals surface area contributed by atoms with Crippen LogP contribution in [0.4, 0.5) is 4.79 Å². The van der Waals surface area contributed by atoms with Gasteiger partial charge in [0.15, 0.2) is 5.79 Å². The van der Waals surface area contributed by atoms with E-state index in [1.165, 1.54) is 19.4 Å². The maximum absolute atomic E-state index is 12.2. The fourth-order valence-corrected chi connectivity index (χ4v) is 4.19. The van der Waals surface area contributed by atoms with Crippen molar-refractivity contribution in [3.05, 3.63) is 0 Å². The first-order chi connectivity index (χ1) is 11.6. The van der Waals surface area contributed by atoms with E-state index in [0.717, 1.165) is 38.8 Å². The van der Waals surface area contributed by atoms with Gasteiger partial charge in [-0.05, 0) is 52.0 Å². The third kappa shape index (κ3) is 4.61. The van der Waals surface area contributed by atoms with Crippen LogP contribution >= 0.6 is 0 Å². The minimum Gasteiger partial charge on any atom is -0.348 e. The van der Waals surface area contributed by atoms with Crippen LogP contribution < -0.4 is 10.6 Å². The fourth-order valence-electron chi connectivity index (χ4n) is 4.19. The van der Waals surface area contributed by atoms with E-state index in [1.54, 1.807) is 0 Å². The SMILES string of the molecule is CC(C)N1CCC[C@@H](CNC(=O)NC2CCC3(CC2)OCCO3)C1. The van der Waals surface area contributed by atoms with Crippen LogP contribution in [0.3, 0.4) is 0 Å². The number of hydrogen-bond acceptors (Lipinski definition) is 4. The fraction of sp³-hybridized carbons (Fsp3) is 0.944. The summed E-state index contributed by atoms with van der Waals surface area (Å²) < 4.78 is 11.5. The van der Waals surface area contributed by atoms with Crippen LogP contribution in [0, 0.1) is 5.92 Å². The number of likely N-dealkylation sites (tertiary alicyclic amines) is 1. The summed E-state index contributed by atoms with van der Waals surface area (Å²) in [5, 5.41) is 6.20. The molecule has 2 saturated heterocycles. The molecule has 1 atom stereocenters. The molecular weight excluding hydrogens is 306 g/mol. The molecular formula is C18H33N3O3. The van der Waals surface area contributed by atoms with Crippen LogP contribution in [-0.2, 0) is 9.47 Å². The number of carbonyl (C=O) groups is 1. The highest BCUT2D eigenvalue weighted by Gasteiger charge is 2.40. The number of urea groups is 1. The lowest BCUT2D eigenvalue weighted by Crippen LogP contribution is -2.49. The summed E-state index contributed by atoms with van der Waals surface area (Å²) in [6, 6.07) is 0.809. The molecule has 0 radical (unpaired) electrons. The third-order valence-electron chi connectivity index (χ3n) is 5.73. The molecule has 0 aromatic carbocycles. The zero-order valence-corrected chi connectivity index (χ0v) is 15.2. The predicted molar refractivity (Wildman–Crippen MR) is 92.9 cm³/mol. The van der Waals surface area contributed by atoms with Crippen LogP contribution in [0.1, 0.15) is 52.4 Å². The van der Waals surface area contributed by atoms with E-state index < -0.39 is 0 Å². The van der Waals surface area contributed by atoms with Crippen LogP contribution in [0.25, 0.3) is 0 Å². The number of rotatable bonds is 4. The second-order valence-electron chi connectivity index (χ2n) is 7.83. The van der Waals surface area contributed by atoms with Gasteiger partial charge in [0.05, 0.1) is 13.2 Å². The Morgan fingerprint density at radius 2 is 1.92 bits per heavy atom. The van der Waals surface area contributed by atoms with Gasteiger partial charge in [0, 0.05) is 38.0 Å². The Bertz CT molecular complexity index is 414. The molecule has 6 nitrogen and oxygen atoms in total. The molecule has 24 heavy (non-hydrogen) atoms. The molecule has 2 heterocycles. The van der Waals surface area contributed by atoms with Crippen molar-refractivity contribution in [2.75, 3.05) is 32.8 Å². The highest BCUT2D eigenvalue weighted by atomic mass is 16.7. The molecule has 2 N–H and O–H groups in total. The lowest BCUT2D eigenvalue weighted by molar-refractivity contribution is -0.179. The van der Waals surface area contributed by atoms with Gasteiger partial charge < -0.3 is 25.0 Å². The largest absolute Gasteiger partial charge is 0.348 e. The first-order valence-electron chi connectivity index (χ1n) is 9.63. The molecule has 3 fully saturated rings. The third-order valence-corrected chi connectivity index (χ3v) is 5.73. The molecule has 6 heteroatoms. The number of ether oxygens (including phenoxy) is 2. The normalized spacial score (nSPS) is 28.4. The summed E-state index contributed by atoms with van der Waals surface area (Å²) >= 11 is 0. The summed E-state index contributed by atoms with van der Waals surface area (Å²) in [7, 11) is 0. The van der Waals surface area contributed by atoms with Crippen molar-refractivity contribution >= 4 is 6.03 Å². The first kappa shape index (κ1) is 18.0. The van der Waals surface area contributed by atoms with E-state index >= 15 is 0 Å². The zero-order valence-electron chi connectivity index (χ0n) is 15.2. The Hall–Kier alpha value is -0.850. The van der Waals surface area contributed by atoms with Crippen molar-refractivity contribution in [1.29, 1.82) is 0 Å². The lowest BCUT2D eigenvalue weighted by Gasteiger charge is -2.36. The molecule has 138 valence electrons. The molecule has 0 unspecified atom stereocenters. The lowest BCUT2D eigenvalue weighted by atomic mass is 9.90. The van der Waals surface area contributed by atoms with Gasteiger partial charge in [-0.2, -0.15) is 0 Å². The van der Waals surface area contributed by atoms with Crippen molar-refractivity contribution in [2.24, 2.45) is 5.92 Å². The van der Waals surface area contributed by atoms with E-state index in [2.05, 4.69) is 29.4 Å². The summed E-state index contributed by atoms with van der Waals surface area (Å²) in [5.41, 5.74) is 0. The van der Waals surface area contributed by atoms with Gasteiger partial charge >= 0.3 is 6.03 Å². The maximum atomic E-state index is 12.2. The van der Waals surface area contributed by atoms with E-state index in [1.807, 2.05) is 0 Å². The monoisotopic (exact) mass is 339 g/mol. The molecule has 2 aliphatic heterocycles. The van der Waals surface area contributed by atoms with Crippen molar-refractivity contribution in [3.8, 4) is 0 Å². The average Bonchev–Trinajstić information content (AvgIpc) is 3.04. The van der Waals surface area contributed by atoms with Gasteiger partial charge in [0.1, 0.15) is 0 Å². The Morgan fingerprint density at radius 1 is 1.21 bits per heavy atom. The van der Waals surface area contributed by atoms with Gasteiger partial charge in [0.25, 0.3) is 0 Å². The number of piperidine rings is 1. The van der Waals surface area contributed by atoms with Gasteiger partial charge in [-0.15, -0.1) is 0 Å². The standard InChI is InChI=1S/C18H33N3O3/c1-14(2)21-9-3-4-15(13-21)12-19-17(22)20-16-5-7-18(8-6-16)23-10-11-24-18/h14-16H,3-13H2,1-2H3,(H2,19,20,22)/t15-/m0/s1. The van der Waals surface area contributed by atoms with Gasteiger partial charge in [-0.3, -0.25) is 0 Å². The molecule has 1 aliphatic carbocycles. The van der Waals surface area contributed by atoms with Crippen LogP contribution in [0.2, 0.25) is 0 Å². The van der Waals surface area contributed by atoms with Crippen LogP contribution in [-0.4, -0.2) is 61.6 Å². The second-order valence-corrected chi connectivity index (χ2v) is 7.83. The van der Waals surface area contributed by atoms with Crippen molar-refractivity contribution in [3.63, 3.8) is 0 Å². The van der Waals surface area contributed by atoms with E-state index in [-0.39, 0.29) is 17.9 Å². The Kier molecular flexibility index (Phi) is 6.00. The molecule has 2 amide bonds. The van der Waals surface area contributed by atoms with Crippen molar-refractivity contribution in [1.82, 2.24) is 15.5 Å². The van der Waals surface area contributed by atoms with Crippen molar-refractivity contribution in [2.45, 2.75) is 70.2 Å². The summed E-state index contributed by atoms with van der Waals surface area (Å²) in [5.74, 6) is 0.221. The predicted octanol–water partition coefficient (Wildman–Crippen LogP) is 2.09. The maximum Gasteiger partial charge on any atom is 0.315 e. The van der Waals surface area contributed by atoms with E-state index in [4.69, 9.17) is 9.47 Å². The number of nitrogens with zero attached hydrogens (tertiary/aromatic N) is 1. The number of hydrogen-bond donors (Lipinski definition) is 2. The minimum atomic E-state index is -0.350. The molecule has 1 spiro atoms. The smallest absolute Gasteiger partial charge is 0.315 e. The Balaban J connectivity index is 1.34. The number of carbonyl (C=O) groups excluding carboxylic acids is 1. The molecule has 0 aromatic heterocycles. The number of nitrogens with one attached hydrogen (secondary N) is 2. The Morgan fingerprint density at radius 3 is 2.58 bits per heavy atom. The highest BCUT2D eigenvalue weighted by Crippen LogP contribution is 2.35. The molecule has 0 bridgehead atoms. The van der Waals surface area contributed by atoms with Gasteiger partial charge in [-0.25, -0.2) is 4.79 Å². The zero-order chi connectivity index (χ0) is 17.0. The topological polar surface area (TPSA) is 62.8 Å². The second kappa shape index (κ2) is 8.02. The molecule has 0 aromatic rings. The summed E-state index contributed by atoms with van der Waals surface area (Å²) in [4.78, 5) is 14.7. The summed E-state index contributed by atoms with van der Waals surface area (Å²) in [6.45, 7) is 8.96. The van der Waals surface area contributed by atoms with Gasteiger partial charge in [-0.1, -0.05) is 0 Å². The number of amides is 2. The van der Waals surface area contributed by atoms with Crippen LogP contribution in [0.5, 0.6) is 0 Å². The van der Waals surface area contributed by atoms with Crippen LogP contribution in [0.15, 0.2) is 0 Å². The minimum absolute atomic E-state index is 0.0223. The first-order valence-corrected chi connectivity index (χ1v) is 9.63. The van der Waals surface area contributed by atoms with E-state index in [0.29, 0.717) is 25.2 Å². The highest BCUT2D eigenvalue weighted by molar-refractivity contribution is 5.74.